The summed E-state index contributed by atoms with van der Waals surface area (Å²) in [5.74, 6) is 1.24. The molecule has 0 spiro atoms. The average Bonchev–Trinajstić information content (AvgIpc) is 2.64. The lowest BCUT2D eigenvalue weighted by Gasteiger charge is -2.26. The van der Waals surface area contributed by atoms with Gasteiger partial charge in [0.15, 0.2) is 0 Å². The number of aromatic nitrogens is 3. The van der Waals surface area contributed by atoms with Crippen LogP contribution in [0.3, 0.4) is 0 Å². The van der Waals surface area contributed by atoms with Crippen LogP contribution in [0.25, 0.3) is 10.9 Å². The zero-order valence-electron chi connectivity index (χ0n) is 14.0. The zero-order chi connectivity index (χ0) is 17.1. The first kappa shape index (κ1) is 15.5. The smallest absolute Gasteiger partial charge is 0.230 e. The molecule has 0 atom stereocenters. The van der Waals surface area contributed by atoms with Gasteiger partial charge >= 0.3 is 0 Å². The van der Waals surface area contributed by atoms with Crippen LogP contribution < -0.4 is 10.6 Å². The van der Waals surface area contributed by atoms with Crippen LogP contribution in [0.1, 0.15) is 11.4 Å². The first-order chi connectivity index (χ1) is 12.3. The number of aryl methyl sites for hydroxylation is 1. The zero-order valence-corrected chi connectivity index (χ0v) is 14.0. The molecule has 1 aliphatic rings. The summed E-state index contributed by atoms with van der Waals surface area (Å²) in [6, 6.07) is 13.9. The highest BCUT2D eigenvalue weighted by Gasteiger charge is 2.14. The number of nitrogens with zero attached hydrogens (tertiary/aromatic N) is 5. The topological polar surface area (TPSA) is 78.3 Å². The van der Waals surface area contributed by atoms with Crippen LogP contribution in [0.2, 0.25) is 0 Å². The number of nitrogens with one attached hydrogen (secondary N) is 2. The van der Waals surface area contributed by atoms with Crippen molar-refractivity contribution in [3.8, 4) is 0 Å². The molecule has 2 N–H and O–H groups in total. The fraction of sp³-hybridized carbons (Fsp3) is 0.222. The number of hydrogen-bond acceptors (Lipinski definition) is 7. The number of fused-ring (bicyclic) bond motifs is 1. The predicted molar refractivity (Wildman–Crippen MR) is 98.0 cm³/mol. The van der Waals surface area contributed by atoms with Gasteiger partial charge in [-0.2, -0.15) is 0 Å². The van der Waals surface area contributed by atoms with Crippen LogP contribution in [0.15, 0.2) is 53.7 Å². The first-order valence-corrected chi connectivity index (χ1v) is 8.19. The Labute approximate surface area is 145 Å². The molecule has 0 radical (unpaired) electrons. The first-order valence-electron chi connectivity index (χ1n) is 8.19. The van der Waals surface area contributed by atoms with Crippen molar-refractivity contribution in [2.24, 2.45) is 4.99 Å². The standard InChI is InChI=1S/C18H19N7/c1-13-15-7-2-3-8-16(15)23-18(22-13)24-17-20-11-25(12-21-17)10-14-6-4-5-9-19-14/h2-9H,10-12H2,1H3,(H2,20,21,22,23,24). The van der Waals surface area contributed by atoms with Crippen molar-refractivity contribution in [1.82, 2.24) is 25.2 Å². The van der Waals surface area contributed by atoms with Crippen molar-refractivity contribution < 1.29 is 0 Å². The summed E-state index contributed by atoms with van der Waals surface area (Å²) in [5, 5.41) is 7.50. The molecule has 3 aromatic rings. The molecule has 1 aromatic carbocycles. The summed E-state index contributed by atoms with van der Waals surface area (Å²) in [7, 11) is 0. The van der Waals surface area contributed by atoms with Gasteiger partial charge in [0.05, 0.1) is 30.2 Å². The second-order valence-electron chi connectivity index (χ2n) is 5.91. The Kier molecular flexibility index (Phi) is 4.22. The number of aliphatic imine (C=N–C) groups is 1. The van der Waals surface area contributed by atoms with Gasteiger partial charge in [0.1, 0.15) is 0 Å². The number of anilines is 1. The second-order valence-corrected chi connectivity index (χ2v) is 5.91. The van der Waals surface area contributed by atoms with E-state index in [1.807, 2.05) is 55.6 Å². The summed E-state index contributed by atoms with van der Waals surface area (Å²) < 4.78 is 0. The van der Waals surface area contributed by atoms with Gasteiger partial charge in [-0.1, -0.05) is 24.3 Å². The van der Waals surface area contributed by atoms with Gasteiger partial charge in [-0.05, 0) is 25.1 Å². The van der Waals surface area contributed by atoms with Crippen molar-refractivity contribution in [3.05, 3.63) is 60.0 Å². The van der Waals surface area contributed by atoms with Crippen LogP contribution in [0, 0.1) is 6.92 Å². The lowest BCUT2D eigenvalue weighted by Crippen LogP contribution is -2.45. The maximum Gasteiger partial charge on any atom is 0.230 e. The lowest BCUT2D eigenvalue weighted by atomic mass is 10.2. The maximum atomic E-state index is 4.55. The van der Waals surface area contributed by atoms with E-state index in [9.17, 15) is 0 Å². The third-order valence-electron chi connectivity index (χ3n) is 4.03. The fourth-order valence-electron chi connectivity index (χ4n) is 2.77. The number of benzene rings is 1. The van der Waals surface area contributed by atoms with Crippen LogP contribution in [0.5, 0.6) is 0 Å². The van der Waals surface area contributed by atoms with Gasteiger partial charge in [0.2, 0.25) is 11.9 Å². The van der Waals surface area contributed by atoms with Gasteiger partial charge in [0.25, 0.3) is 0 Å². The molecular formula is C18H19N7. The van der Waals surface area contributed by atoms with E-state index in [2.05, 4.69) is 35.5 Å². The molecule has 0 bridgehead atoms. The minimum atomic E-state index is 0.556. The van der Waals surface area contributed by atoms with Gasteiger partial charge in [-0.15, -0.1) is 0 Å². The highest BCUT2D eigenvalue weighted by atomic mass is 15.4. The summed E-state index contributed by atoms with van der Waals surface area (Å²) in [5.41, 5.74) is 2.90. The van der Waals surface area contributed by atoms with Crippen LogP contribution >= 0.6 is 0 Å². The maximum absolute atomic E-state index is 4.55. The highest BCUT2D eigenvalue weighted by molar-refractivity contribution is 5.93. The number of pyridine rings is 1. The van der Waals surface area contributed by atoms with Gasteiger partial charge in [0, 0.05) is 18.1 Å². The number of rotatable bonds is 3. The molecule has 4 rings (SSSR count). The molecule has 3 heterocycles. The van der Waals surface area contributed by atoms with Crippen molar-refractivity contribution in [1.29, 1.82) is 0 Å². The lowest BCUT2D eigenvalue weighted by molar-refractivity contribution is 0.254. The quantitative estimate of drug-likeness (QED) is 0.764. The van der Waals surface area contributed by atoms with Crippen molar-refractivity contribution in [2.75, 3.05) is 18.7 Å². The Bertz CT molecular complexity index is 908. The fourth-order valence-corrected chi connectivity index (χ4v) is 2.77. The number of para-hydroxylation sites is 1. The molecule has 0 unspecified atom stereocenters. The Morgan fingerprint density at radius 2 is 2.00 bits per heavy atom. The number of guanidine groups is 1. The minimum absolute atomic E-state index is 0.556. The third kappa shape index (κ3) is 3.56. The molecule has 0 amide bonds. The molecule has 0 saturated heterocycles. The highest BCUT2D eigenvalue weighted by Crippen LogP contribution is 2.16. The van der Waals surface area contributed by atoms with E-state index < -0.39 is 0 Å². The Morgan fingerprint density at radius 1 is 1.12 bits per heavy atom. The third-order valence-corrected chi connectivity index (χ3v) is 4.03. The summed E-state index contributed by atoms with van der Waals surface area (Å²) in [6.45, 7) is 4.03. The summed E-state index contributed by atoms with van der Waals surface area (Å²) in [6.07, 6.45) is 1.81. The molecule has 25 heavy (non-hydrogen) atoms. The van der Waals surface area contributed by atoms with E-state index in [0.717, 1.165) is 28.8 Å². The molecular weight excluding hydrogens is 314 g/mol. The molecule has 0 saturated carbocycles. The average molecular weight is 333 g/mol. The monoisotopic (exact) mass is 333 g/mol. The van der Waals surface area contributed by atoms with Crippen molar-refractivity contribution >= 4 is 22.8 Å². The molecule has 0 fully saturated rings. The van der Waals surface area contributed by atoms with Crippen LogP contribution in [-0.2, 0) is 6.54 Å². The molecule has 7 heteroatoms. The van der Waals surface area contributed by atoms with Crippen LogP contribution in [-0.4, -0.2) is 39.1 Å². The molecule has 0 aliphatic carbocycles. The van der Waals surface area contributed by atoms with Crippen molar-refractivity contribution in [3.63, 3.8) is 0 Å². The van der Waals surface area contributed by atoms with Gasteiger partial charge < -0.3 is 5.32 Å². The van der Waals surface area contributed by atoms with Crippen LogP contribution in [0.4, 0.5) is 5.95 Å². The minimum Gasteiger partial charge on any atom is -0.343 e. The van der Waals surface area contributed by atoms with Gasteiger partial charge in [-0.25, -0.2) is 15.0 Å². The summed E-state index contributed by atoms with van der Waals surface area (Å²) >= 11 is 0. The second kappa shape index (κ2) is 6.82. The number of hydrogen-bond donors (Lipinski definition) is 2. The Morgan fingerprint density at radius 3 is 2.80 bits per heavy atom. The molecule has 1 aliphatic heterocycles. The molecule has 7 nitrogen and oxygen atoms in total. The van der Waals surface area contributed by atoms with Crippen molar-refractivity contribution in [2.45, 2.75) is 13.5 Å². The van der Waals surface area contributed by atoms with E-state index in [1.165, 1.54) is 0 Å². The molecule has 2 aromatic heterocycles. The Hall–Kier alpha value is -3.06. The van der Waals surface area contributed by atoms with Gasteiger partial charge in [-0.3, -0.25) is 15.2 Å². The van der Waals surface area contributed by atoms with E-state index >= 15 is 0 Å². The predicted octanol–water partition coefficient (Wildman–Crippen LogP) is 2.12. The molecule has 126 valence electrons. The summed E-state index contributed by atoms with van der Waals surface area (Å²) in [4.78, 5) is 20.1. The van der Waals surface area contributed by atoms with E-state index in [1.54, 1.807) is 0 Å². The Balaban J connectivity index is 1.44. The normalized spacial score (nSPS) is 14.8. The van der Waals surface area contributed by atoms with E-state index in [-0.39, 0.29) is 0 Å². The van der Waals surface area contributed by atoms with E-state index in [0.29, 0.717) is 25.2 Å². The van der Waals surface area contributed by atoms with E-state index in [4.69, 9.17) is 0 Å². The largest absolute Gasteiger partial charge is 0.343 e. The SMILES string of the molecule is Cc1nc(NC2=NCN(Cc3ccccn3)CN2)nc2ccccc12.